The van der Waals surface area contributed by atoms with Gasteiger partial charge in [0.05, 0.1) is 23.7 Å². The number of carbonyl (C=O) groups excluding carboxylic acids is 1. The third-order valence-electron chi connectivity index (χ3n) is 3.70. The molecule has 0 aliphatic carbocycles. The van der Waals surface area contributed by atoms with Crippen molar-refractivity contribution in [1.29, 1.82) is 0 Å². The minimum atomic E-state index is -1.14. The molecule has 2 atom stereocenters. The van der Waals surface area contributed by atoms with Gasteiger partial charge in [0.25, 0.3) is 0 Å². The molecule has 0 aliphatic heterocycles. The van der Waals surface area contributed by atoms with Gasteiger partial charge in [0.15, 0.2) is 0 Å². The van der Waals surface area contributed by atoms with Crippen LogP contribution in [0.1, 0.15) is 71.9 Å². The molecule has 6 nitrogen and oxygen atoms in total. The van der Waals surface area contributed by atoms with Gasteiger partial charge in [-0.15, -0.1) is 0 Å². The van der Waals surface area contributed by atoms with Crippen molar-refractivity contribution in [2.24, 2.45) is 0 Å². The van der Waals surface area contributed by atoms with Gasteiger partial charge in [-0.1, -0.05) is 39.5 Å². The van der Waals surface area contributed by atoms with Crippen LogP contribution in [0.5, 0.6) is 0 Å². The van der Waals surface area contributed by atoms with Crippen LogP contribution >= 0.6 is 0 Å². The van der Waals surface area contributed by atoms with E-state index in [1.165, 1.54) is 30.7 Å². The summed E-state index contributed by atoms with van der Waals surface area (Å²) in [5, 5.41) is 9.54. The quantitative estimate of drug-likeness (QED) is 0.326. The molecule has 0 saturated carbocycles. The summed E-state index contributed by atoms with van der Waals surface area (Å²) in [6, 6.07) is 4.47. The maximum absolute atomic E-state index is 12.7. The maximum atomic E-state index is 12.7. The first kappa shape index (κ1) is 21.3. The monoisotopic (exact) mass is 362 g/mol. The van der Waals surface area contributed by atoms with E-state index in [0.717, 1.165) is 12.8 Å². The van der Waals surface area contributed by atoms with Crippen molar-refractivity contribution in [2.75, 3.05) is 0 Å². The molecule has 1 rings (SSSR count). The molecule has 26 heavy (non-hydrogen) atoms. The molecule has 0 aromatic heterocycles. The van der Waals surface area contributed by atoms with Crippen molar-refractivity contribution >= 4 is 11.9 Å². The van der Waals surface area contributed by atoms with E-state index in [1.807, 2.05) is 13.8 Å². The molecule has 0 spiro atoms. The molecule has 0 heterocycles. The van der Waals surface area contributed by atoms with Crippen molar-refractivity contribution in [3.8, 4) is 0 Å². The molecule has 1 aromatic rings. The highest BCUT2D eigenvalue weighted by Gasteiger charge is 2.28. The Labute approximate surface area is 154 Å². The van der Waals surface area contributed by atoms with E-state index in [-0.39, 0.29) is 16.7 Å². The van der Waals surface area contributed by atoms with Gasteiger partial charge in [0.2, 0.25) is 6.29 Å². The third-order valence-corrected chi connectivity index (χ3v) is 3.70. The van der Waals surface area contributed by atoms with E-state index in [2.05, 4.69) is 13.2 Å². The Morgan fingerprint density at radius 3 is 2.23 bits per heavy atom. The number of rotatable bonds is 12. The van der Waals surface area contributed by atoms with Crippen LogP contribution in [0.25, 0.3) is 0 Å². The first-order valence-corrected chi connectivity index (χ1v) is 8.59. The second-order valence-electron chi connectivity index (χ2n) is 5.58. The number of carboxylic acids is 1. The predicted molar refractivity (Wildman–Crippen MR) is 97.7 cm³/mol. The summed E-state index contributed by atoms with van der Waals surface area (Å²) in [5.41, 5.74) is 0.413. The minimum Gasteiger partial charge on any atom is -0.494 e. The van der Waals surface area contributed by atoms with Gasteiger partial charge >= 0.3 is 11.9 Å². The largest absolute Gasteiger partial charge is 0.494 e. The van der Waals surface area contributed by atoms with Crippen LogP contribution < -0.4 is 0 Å². The molecule has 0 amide bonds. The summed E-state index contributed by atoms with van der Waals surface area (Å²) < 4.78 is 16.1. The lowest BCUT2D eigenvalue weighted by molar-refractivity contribution is -0.0761. The van der Waals surface area contributed by atoms with Gasteiger partial charge in [-0.25, -0.2) is 9.59 Å². The van der Waals surface area contributed by atoms with Gasteiger partial charge < -0.3 is 19.3 Å². The minimum absolute atomic E-state index is 0.00331. The van der Waals surface area contributed by atoms with Crippen LogP contribution in [0.4, 0.5) is 0 Å². The molecular formula is C20H26O6. The summed E-state index contributed by atoms with van der Waals surface area (Å²) in [6.07, 6.45) is 3.56. The topological polar surface area (TPSA) is 82.1 Å². The van der Waals surface area contributed by atoms with Gasteiger partial charge in [0, 0.05) is 12.0 Å². The summed E-state index contributed by atoms with van der Waals surface area (Å²) in [5.74, 6) is -1.81. The Bertz CT molecular complexity index is 637. The SMILES string of the molecule is C=COC(CCC)OC(=O)c1cccc(C(=O)O)c1C(CCC)OC=C. The van der Waals surface area contributed by atoms with Crippen LogP contribution in [0, 0.1) is 0 Å². The highest BCUT2D eigenvalue weighted by atomic mass is 16.7. The van der Waals surface area contributed by atoms with Crippen LogP contribution in [0.3, 0.4) is 0 Å². The number of hydrogen-bond donors (Lipinski definition) is 1. The molecule has 0 radical (unpaired) electrons. The van der Waals surface area contributed by atoms with Crippen molar-refractivity contribution in [3.05, 3.63) is 60.6 Å². The first-order valence-electron chi connectivity index (χ1n) is 8.59. The van der Waals surface area contributed by atoms with E-state index in [4.69, 9.17) is 14.2 Å². The standard InChI is InChI=1S/C20H26O6/c1-5-10-16(24-7-3)18-14(19(21)22)12-9-13-15(18)20(23)26-17(11-6-2)25-8-4/h7-9,12-13,16-17H,3-6,10-11H2,1-2H3,(H,21,22). The fourth-order valence-electron chi connectivity index (χ4n) is 2.62. The summed E-state index contributed by atoms with van der Waals surface area (Å²) in [6.45, 7) is 10.9. The molecule has 0 bridgehead atoms. The van der Waals surface area contributed by atoms with Crippen molar-refractivity contribution in [2.45, 2.75) is 51.9 Å². The zero-order valence-electron chi connectivity index (χ0n) is 15.3. The number of benzene rings is 1. The Balaban J connectivity index is 3.33. The Morgan fingerprint density at radius 2 is 1.69 bits per heavy atom. The van der Waals surface area contributed by atoms with Crippen molar-refractivity contribution in [1.82, 2.24) is 0 Å². The van der Waals surface area contributed by atoms with E-state index >= 15 is 0 Å². The lowest BCUT2D eigenvalue weighted by Gasteiger charge is -2.22. The lowest BCUT2D eigenvalue weighted by Crippen LogP contribution is -2.22. The second kappa shape index (κ2) is 11.0. The molecule has 1 aromatic carbocycles. The van der Waals surface area contributed by atoms with E-state index in [9.17, 15) is 14.7 Å². The van der Waals surface area contributed by atoms with Crippen molar-refractivity contribution in [3.63, 3.8) is 0 Å². The molecule has 6 heteroatoms. The number of carbonyl (C=O) groups is 2. The average Bonchev–Trinajstić information content (AvgIpc) is 2.61. The second-order valence-corrected chi connectivity index (χ2v) is 5.58. The van der Waals surface area contributed by atoms with Gasteiger partial charge in [-0.3, -0.25) is 0 Å². The molecule has 0 aliphatic rings. The Kier molecular flexibility index (Phi) is 8.98. The smallest absolute Gasteiger partial charge is 0.341 e. The molecule has 0 fully saturated rings. The predicted octanol–water partition coefficient (Wildman–Crippen LogP) is 4.83. The highest BCUT2D eigenvalue weighted by molar-refractivity contribution is 5.97. The number of hydrogen-bond acceptors (Lipinski definition) is 5. The molecule has 1 N–H and O–H groups in total. The number of esters is 1. The zero-order chi connectivity index (χ0) is 19.5. The van der Waals surface area contributed by atoms with Gasteiger partial charge in [-0.05, 0) is 25.0 Å². The molecule has 0 saturated heterocycles. The number of ether oxygens (including phenoxy) is 3. The van der Waals surface area contributed by atoms with Crippen LogP contribution in [0.2, 0.25) is 0 Å². The summed E-state index contributed by atoms with van der Waals surface area (Å²) in [7, 11) is 0. The fourth-order valence-corrected chi connectivity index (χ4v) is 2.62. The number of carboxylic acid groups (broad SMARTS) is 1. The van der Waals surface area contributed by atoms with E-state index < -0.39 is 24.3 Å². The average molecular weight is 362 g/mol. The summed E-state index contributed by atoms with van der Waals surface area (Å²) >= 11 is 0. The molecule has 142 valence electrons. The van der Waals surface area contributed by atoms with E-state index in [0.29, 0.717) is 12.8 Å². The Morgan fingerprint density at radius 1 is 1.08 bits per heavy atom. The fraction of sp³-hybridized carbons (Fsp3) is 0.400. The Hall–Kier alpha value is -2.76. The van der Waals surface area contributed by atoms with Gasteiger partial charge in [0.1, 0.15) is 6.10 Å². The van der Waals surface area contributed by atoms with Crippen LogP contribution in [-0.2, 0) is 14.2 Å². The third kappa shape index (κ3) is 5.65. The van der Waals surface area contributed by atoms with Crippen LogP contribution in [0.15, 0.2) is 43.9 Å². The normalized spacial score (nSPS) is 12.5. The maximum Gasteiger partial charge on any atom is 0.341 e. The lowest BCUT2D eigenvalue weighted by atomic mass is 9.93. The van der Waals surface area contributed by atoms with Crippen LogP contribution in [-0.4, -0.2) is 23.3 Å². The molecule has 2 unspecified atom stereocenters. The highest BCUT2D eigenvalue weighted by Crippen LogP contribution is 2.31. The number of aromatic carboxylic acids is 1. The first-order chi connectivity index (χ1) is 12.5. The van der Waals surface area contributed by atoms with Gasteiger partial charge in [-0.2, -0.15) is 0 Å². The molecular weight excluding hydrogens is 336 g/mol. The van der Waals surface area contributed by atoms with Crippen molar-refractivity contribution < 1.29 is 28.9 Å². The summed E-state index contributed by atoms with van der Waals surface area (Å²) in [4.78, 5) is 24.4. The van der Waals surface area contributed by atoms with E-state index in [1.54, 1.807) is 0 Å². The zero-order valence-corrected chi connectivity index (χ0v) is 15.3.